The maximum absolute atomic E-state index is 13.3. The Morgan fingerprint density at radius 2 is 1.57 bits per heavy atom. The quantitative estimate of drug-likeness (QED) is 0.224. The Morgan fingerprint density at radius 3 is 2.23 bits per heavy atom. The number of ketones is 1. The van der Waals surface area contributed by atoms with Gasteiger partial charge in [0.15, 0.2) is 5.78 Å². The van der Waals surface area contributed by atoms with Crippen LogP contribution in [0.1, 0.15) is 10.4 Å². The van der Waals surface area contributed by atoms with E-state index in [4.69, 9.17) is 0 Å². The highest BCUT2D eigenvalue weighted by molar-refractivity contribution is 14.1. The molecule has 0 aliphatic carbocycles. The van der Waals surface area contributed by atoms with Gasteiger partial charge >= 0.3 is 0 Å². The molecule has 0 unspecified atom stereocenters. The fraction of sp³-hybridized carbons (Fsp3) is 0.0455. The molecule has 0 N–H and O–H groups in total. The first-order valence-electron chi connectivity index (χ1n) is 8.95. The van der Waals surface area contributed by atoms with Crippen molar-refractivity contribution in [3.8, 4) is 5.69 Å². The molecule has 0 radical (unpaired) electrons. The summed E-state index contributed by atoms with van der Waals surface area (Å²) < 4.78 is 28.3. The van der Waals surface area contributed by atoms with Gasteiger partial charge in [0, 0.05) is 9.13 Å². The molecule has 1 aromatic heterocycles. The van der Waals surface area contributed by atoms with Gasteiger partial charge in [-0.1, -0.05) is 48.5 Å². The Labute approximate surface area is 186 Å². The van der Waals surface area contributed by atoms with Gasteiger partial charge in [-0.3, -0.25) is 14.2 Å². The highest BCUT2D eigenvalue weighted by atomic mass is 127. The molecule has 30 heavy (non-hydrogen) atoms. The summed E-state index contributed by atoms with van der Waals surface area (Å²) in [6.07, 6.45) is 0. The first-order valence-corrected chi connectivity index (χ1v) is 11.7. The Bertz CT molecular complexity index is 1420. The van der Waals surface area contributed by atoms with Crippen LogP contribution < -0.4 is 5.56 Å². The molecule has 0 aliphatic heterocycles. The zero-order chi connectivity index (χ0) is 21.3. The van der Waals surface area contributed by atoms with Gasteiger partial charge in [-0.2, -0.15) is 0 Å². The van der Waals surface area contributed by atoms with Crippen LogP contribution in [0.5, 0.6) is 0 Å². The minimum atomic E-state index is -4.21. The fourth-order valence-corrected chi connectivity index (χ4v) is 4.93. The largest absolute Gasteiger partial charge is 0.293 e. The number of rotatable bonds is 5. The van der Waals surface area contributed by atoms with Crippen molar-refractivity contribution in [2.75, 3.05) is 5.75 Å². The number of carbonyl (C=O) groups is 1. The highest BCUT2D eigenvalue weighted by Crippen LogP contribution is 2.20. The molecule has 1 heterocycles. The van der Waals surface area contributed by atoms with Crippen molar-refractivity contribution in [1.29, 1.82) is 0 Å². The molecule has 0 bridgehead atoms. The third-order valence-electron chi connectivity index (χ3n) is 4.51. The molecule has 150 valence electrons. The Hall–Kier alpha value is -2.85. The number of nitrogens with zero attached hydrogens (tertiary/aromatic N) is 2. The van der Waals surface area contributed by atoms with E-state index < -0.39 is 32.1 Å². The summed E-state index contributed by atoms with van der Waals surface area (Å²) in [5, 5.41) is -0.143. The first-order chi connectivity index (χ1) is 14.4. The van der Waals surface area contributed by atoms with Gasteiger partial charge in [-0.15, -0.1) is 0 Å². The van der Waals surface area contributed by atoms with Crippen LogP contribution in [-0.4, -0.2) is 29.5 Å². The molecule has 0 saturated heterocycles. The van der Waals surface area contributed by atoms with E-state index >= 15 is 0 Å². The SMILES string of the molecule is O=C(CS(=O)(=O)c1nc2ccc(I)cc2c(=O)n1-c1ccccc1)c1ccccc1. The lowest BCUT2D eigenvalue weighted by atomic mass is 10.2. The number of aromatic nitrogens is 2. The second-order valence-electron chi connectivity index (χ2n) is 6.58. The van der Waals surface area contributed by atoms with Crippen molar-refractivity contribution in [3.63, 3.8) is 0 Å². The summed E-state index contributed by atoms with van der Waals surface area (Å²) in [5.74, 6) is -1.35. The van der Waals surface area contributed by atoms with Gasteiger partial charge < -0.3 is 0 Å². The van der Waals surface area contributed by atoms with E-state index in [-0.39, 0.29) is 11.1 Å². The van der Waals surface area contributed by atoms with Gasteiger partial charge in [0.05, 0.1) is 16.6 Å². The fourth-order valence-electron chi connectivity index (χ4n) is 3.10. The average molecular weight is 530 g/mol. The molecule has 3 aromatic carbocycles. The first kappa shape index (κ1) is 20.4. The van der Waals surface area contributed by atoms with Crippen molar-refractivity contribution in [3.05, 3.63) is 98.4 Å². The lowest BCUT2D eigenvalue weighted by molar-refractivity contribution is 0.102. The number of hydrogen-bond donors (Lipinski definition) is 0. The highest BCUT2D eigenvalue weighted by Gasteiger charge is 2.27. The topological polar surface area (TPSA) is 86.1 Å². The number of Topliss-reactive ketones (excluding diaryl/α,β-unsaturated/α-hetero) is 1. The van der Waals surface area contributed by atoms with Crippen LogP contribution in [0.2, 0.25) is 0 Å². The van der Waals surface area contributed by atoms with Crippen molar-refractivity contribution in [2.24, 2.45) is 0 Å². The standard InChI is InChI=1S/C22H15IN2O4S/c23-16-11-12-19-18(13-16)21(27)25(17-9-5-2-6-10-17)22(24-19)30(28,29)14-20(26)15-7-3-1-4-8-15/h1-13H,14H2. The number of carbonyl (C=O) groups excluding carboxylic acids is 1. The van der Waals surface area contributed by atoms with Gasteiger partial charge in [-0.05, 0) is 52.9 Å². The third kappa shape index (κ3) is 3.92. The summed E-state index contributed by atoms with van der Waals surface area (Å²) >= 11 is 2.08. The van der Waals surface area contributed by atoms with Gasteiger partial charge in [0.1, 0.15) is 5.75 Å². The minimum Gasteiger partial charge on any atom is -0.293 e. The molecule has 0 aliphatic rings. The van der Waals surface area contributed by atoms with Crippen LogP contribution >= 0.6 is 22.6 Å². The monoisotopic (exact) mass is 530 g/mol. The predicted molar refractivity (Wildman–Crippen MR) is 123 cm³/mol. The molecule has 0 amide bonds. The predicted octanol–water partition coefficient (Wildman–Crippen LogP) is 3.65. The van der Waals surface area contributed by atoms with E-state index in [0.717, 1.165) is 8.14 Å². The lowest BCUT2D eigenvalue weighted by Crippen LogP contribution is -2.29. The third-order valence-corrected chi connectivity index (χ3v) is 6.65. The minimum absolute atomic E-state index is 0.262. The zero-order valence-corrected chi connectivity index (χ0v) is 18.5. The second kappa shape index (κ2) is 8.11. The zero-order valence-electron chi connectivity index (χ0n) is 15.5. The van der Waals surface area contributed by atoms with Crippen LogP contribution in [0.3, 0.4) is 0 Å². The number of benzene rings is 3. The van der Waals surface area contributed by atoms with Crippen LogP contribution in [0.25, 0.3) is 16.6 Å². The number of sulfone groups is 1. The number of hydrogen-bond acceptors (Lipinski definition) is 5. The molecular formula is C22H15IN2O4S. The summed E-state index contributed by atoms with van der Waals surface area (Å²) in [4.78, 5) is 30.1. The smallest absolute Gasteiger partial charge is 0.266 e. The van der Waals surface area contributed by atoms with E-state index in [9.17, 15) is 18.0 Å². The van der Waals surface area contributed by atoms with Crippen LogP contribution in [-0.2, 0) is 9.84 Å². The molecule has 4 rings (SSSR count). The maximum Gasteiger partial charge on any atom is 0.266 e. The van der Waals surface area contributed by atoms with Gasteiger partial charge in [0.2, 0.25) is 15.0 Å². The molecule has 6 nitrogen and oxygen atoms in total. The van der Waals surface area contributed by atoms with Gasteiger partial charge in [-0.25, -0.2) is 13.4 Å². The summed E-state index contributed by atoms with van der Waals surface area (Å²) in [6.45, 7) is 0. The van der Waals surface area contributed by atoms with E-state index in [2.05, 4.69) is 27.6 Å². The molecule has 0 atom stereocenters. The van der Waals surface area contributed by atoms with E-state index in [0.29, 0.717) is 11.1 Å². The molecule has 0 spiro atoms. The van der Waals surface area contributed by atoms with Crippen LogP contribution in [0, 0.1) is 3.57 Å². The van der Waals surface area contributed by atoms with E-state index in [1.807, 2.05) is 0 Å². The average Bonchev–Trinajstić information content (AvgIpc) is 2.75. The lowest BCUT2D eigenvalue weighted by Gasteiger charge is -2.14. The number of halogens is 1. The van der Waals surface area contributed by atoms with E-state index in [1.165, 1.54) is 0 Å². The van der Waals surface area contributed by atoms with Gasteiger partial charge in [0.25, 0.3) is 5.56 Å². The van der Waals surface area contributed by atoms with Crippen molar-refractivity contribution in [2.45, 2.75) is 5.16 Å². The number of fused-ring (bicyclic) bond motifs is 1. The molecule has 4 aromatic rings. The Balaban J connectivity index is 1.94. The Kier molecular flexibility index (Phi) is 5.52. The number of para-hydroxylation sites is 1. The molecule has 0 saturated carbocycles. The second-order valence-corrected chi connectivity index (χ2v) is 9.71. The maximum atomic E-state index is 13.3. The molecule has 0 fully saturated rings. The van der Waals surface area contributed by atoms with Crippen LogP contribution in [0.15, 0.2) is 88.8 Å². The molecule has 8 heteroatoms. The van der Waals surface area contributed by atoms with Crippen molar-refractivity contribution >= 4 is 49.1 Å². The summed E-state index contributed by atoms with van der Waals surface area (Å²) in [5.41, 5.74) is 0.403. The van der Waals surface area contributed by atoms with Crippen LogP contribution in [0.4, 0.5) is 0 Å². The molecular weight excluding hydrogens is 515 g/mol. The normalized spacial score (nSPS) is 11.5. The Morgan fingerprint density at radius 1 is 0.933 bits per heavy atom. The summed E-state index contributed by atoms with van der Waals surface area (Å²) in [7, 11) is -4.21. The summed E-state index contributed by atoms with van der Waals surface area (Å²) in [6, 6.07) is 21.6. The van der Waals surface area contributed by atoms with Crippen molar-refractivity contribution < 1.29 is 13.2 Å². The van der Waals surface area contributed by atoms with Crippen molar-refractivity contribution in [1.82, 2.24) is 9.55 Å². The van der Waals surface area contributed by atoms with E-state index in [1.54, 1.807) is 78.9 Å².